The predicted octanol–water partition coefficient (Wildman–Crippen LogP) is 2.51. The average molecular weight is 370 g/mol. The number of amides is 2. The molecule has 2 N–H and O–H groups in total. The van der Waals surface area contributed by atoms with E-state index in [9.17, 15) is 9.59 Å². The van der Waals surface area contributed by atoms with E-state index in [0.29, 0.717) is 24.6 Å². The molecule has 6 nitrogen and oxygen atoms in total. The van der Waals surface area contributed by atoms with Crippen molar-refractivity contribution < 1.29 is 19.6 Å². The maximum atomic E-state index is 12.9. The summed E-state index contributed by atoms with van der Waals surface area (Å²) in [5, 5.41) is 4.05. The number of hydrogen-bond donors (Lipinski definition) is 1. The van der Waals surface area contributed by atoms with E-state index in [1.54, 1.807) is 0 Å². The number of nitrogens with two attached hydrogens (primary N) is 1. The molecule has 1 aliphatic carbocycles. The first-order valence-electron chi connectivity index (χ1n) is 9.55. The van der Waals surface area contributed by atoms with Gasteiger partial charge in [-0.1, -0.05) is 30.4 Å². The van der Waals surface area contributed by atoms with E-state index in [4.69, 9.17) is 4.74 Å². The molecule has 2 amide bonds. The summed E-state index contributed by atoms with van der Waals surface area (Å²) in [4.78, 5) is 25.9. The lowest BCUT2D eigenvalue weighted by atomic mass is 9.94. The Labute approximate surface area is 159 Å². The number of carbonyl (C=O) groups excluding carboxylic acids is 2. The Morgan fingerprint density at radius 1 is 0.929 bits per heavy atom. The molecule has 0 spiro atoms. The first-order valence-corrected chi connectivity index (χ1v) is 9.55. The second kappa shape index (κ2) is 4.79. The molecular weight excluding hydrogens is 354 g/mol. The first-order chi connectivity index (χ1) is 13.8. The number of benzene rings is 2. The number of aromatic nitrogens is 2. The largest absolute Gasteiger partial charge is 0.351 e. The van der Waals surface area contributed by atoms with Crippen molar-refractivity contribution in [2.24, 2.45) is 0 Å². The smallest absolute Gasteiger partial charge is 0.340 e. The number of primary amides is 2. The number of quaternary nitrogens is 1. The summed E-state index contributed by atoms with van der Waals surface area (Å²) < 4.78 is 10.4. The van der Waals surface area contributed by atoms with Crippen molar-refractivity contribution in [2.75, 3.05) is 0 Å². The van der Waals surface area contributed by atoms with Crippen LogP contribution in [0.4, 0.5) is 0 Å². The lowest BCUT2D eigenvalue weighted by molar-refractivity contribution is -0.445. The Hall–Kier alpha value is -3.22. The van der Waals surface area contributed by atoms with E-state index in [0.717, 1.165) is 51.1 Å². The van der Waals surface area contributed by atoms with Crippen LogP contribution < -0.4 is 5.32 Å². The lowest BCUT2D eigenvalue weighted by Crippen LogP contribution is -2.88. The van der Waals surface area contributed by atoms with Crippen LogP contribution in [0.15, 0.2) is 30.3 Å². The Balaban J connectivity index is 1.90. The van der Waals surface area contributed by atoms with Gasteiger partial charge in [0, 0.05) is 27.4 Å². The zero-order valence-electron chi connectivity index (χ0n) is 15.0. The molecule has 4 aromatic rings. The molecule has 0 bridgehead atoms. The van der Waals surface area contributed by atoms with Crippen LogP contribution in [0, 0.1) is 0 Å². The fraction of sp³-hybridized carbons (Fsp3) is 0.182. The van der Waals surface area contributed by atoms with Gasteiger partial charge in [0.1, 0.15) is 24.6 Å². The molecular formula is C22H16N3O3+. The van der Waals surface area contributed by atoms with E-state index < -0.39 is 0 Å². The van der Waals surface area contributed by atoms with Crippen molar-refractivity contribution in [3.63, 3.8) is 0 Å². The standard InChI is InChI=1S/C22H15N3O3/c26-21-17-15-11-5-1-3-7-13(11)24-9-28-10-25-14-8-4-2-6-12(14)16(20(25)19(15)24)18(17)22(27)23-21/h1-3,5-7H,4,8-10H2,(H,23,26,27)/p+1. The van der Waals surface area contributed by atoms with Gasteiger partial charge in [0.25, 0.3) is 0 Å². The monoisotopic (exact) mass is 370 g/mol. The molecule has 28 heavy (non-hydrogen) atoms. The third-order valence-corrected chi connectivity index (χ3v) is 6.39. The molecule has 7 rings (SSSR count). The molecule has 3 aliphatic rings. The third kappa shape index (κ3) is 1.50. The van der Waals surface area contributed by atoms with Gasteiger partial charge in [0.15, 0.2) is 0 Å². The van der Waals surface area contributed by atoms with Gasteiger partial charge >= 0.3 is 11.8 Å². The summed E-state index contributed by atoms with van der Waals surface area (Å²) in [5.41, 5.74) is 6.45. The topological polar surface area (TPSA) is 69.8 Å². The summed E-state index contributed by atoms with van der Waals surface area (Å²) in [6.07, 6.45) is 6.13. The fourth-order valence-electron chi connectivity index (χ4n) is 5.37. The maximum absolute atomic E-state index is 12.9. The summed E-state index contributed by atoms with van der Waals surface area (Å²) in [5.74, 6) is -0.362. The van der Waals surface area contributed by atoms with E-state index in [1.807, 2.05) is 18.2 Å². The normalized spacial score (nSPS) is 17.9. The highest BCUT2D eigenvalue weighted by Crippen LogP contribution is 2.45. The van der Waals surface area contributed by atoms with Gasteiger partial charge in [-0.05, 0) is 18.9 Å². The van der Waals surface area contributed by atoms with Crippen LogP contribution in [0.3, 0.4) is 0 Å². The van der Waals surface area contributed by atoms with Crippen LogP contribution in [0.25, 0.3) is 38.8 Å². The predicted molar refractivity (Wildman–Crippen MR) is 104 cm³/mol. The van der Waals surface area contributed by atoms with E-state index in [1.165, 1.54) is 11.0 Å². The summed E-state index contributed by atoms with van der Waals surface area (Å²) in [7, 11) is 0. The number of rotatable bonds is 0. The van der Waals surface area contributed by atoms with Crippen LogP contribution in [0.5, 0.6) is 0 Å². The van der Waals surface area contributed by atoms with E-state index in [2.05, 4.69) is 27.4 Å². The zero-order chi connectivity index (χ0) is 18.6. The highest BCUT2D eigenvalue weighted by molar-refractivity contribution is 6.33. The van der Waals surface area contributed by atoms with Crippen LogP contribution in [-0.4, -0.2) is 20.9 Å². The minimum absolute atomic E-state index is 0.178. The number of allylic oxidation sites excluding steroid dienone is 1. The molecule has 0 saturated heterocycles. The number of hydrogen-bond acceptors (Lipinski definition) is 3. The van der Waals surface area contributed by atoms with E-state index >= 15 is 0 Å². The number of ether oxygens (including phenoxy) is 1. The molecule has 136 valence electrons. The summed E-state index contributed by atoms with van der Waals surface area (Å²) in [6.45, 7) is 0.880. The summed E-state index contributed by atoms with van der Waals surface area (Å²) in [6, 6.07) is 8.07. The van der Waals surface area contributed by atoms with Crippen molar-refractivity contribution in [3.05, 3.63) is 52.7 Å². The van der Waals surface area contributed by atoms with E-state index in [-0.39, 0.29) is 11.8 Å². The second-order valence-corrected chi connectivity index (χ2v) is 7.71. The highest BCUT2D eigenvalue weighted by Gasteiger charge is 2.41. The highest BCUT2D eigenvalue weighted by atomic mass is 16.5. The lowest BCUT2D eigenvalue weighted by Gasteiger charge is -2.12. The number of imide groups is 1. The molecule has 2 aromatic carbocycles. The van der Waals surface area contributed by atoms with Gasteiger partial charge in [0.2, 0.25) is 0 Å². The molecule has 0 atom stereocenters. The van der Waals surface area contributed by atoms with Gasteiger partial charge in [-0.3, -0.25) is 0 Å². The van der Waals surface area contributed by atoms with Crippen molar-refractivity contribution in [1.82, 2.24) is 9.13 Å². The quantitative estimate of drug-likeness (QED) is 0.484. The van der Waals surface area contributed by atoms with Crippen LogP contribution in [0.2, 0.25) is 0 Å². The Morgan fingerprint density at radius 2 is 1.68 bits per heavy atom. The Kier molecular flexibility index (Phi) is 2.53. The minimum Gasteiger partial charge on any atom is -0.340 e. The fourth-order valence-corrected chi connectivity index (χ4v) is 5.37. The third-order valence-electron chi connectivity index (χ3n) is 6.39. The molecule has 0 radical (unpaired) electrons. The van der Waals surface area contributed by atoms with Gasteiger partial charge in [0.05, 0.1) is 16.6 Å². The van der Waals surface area contributed by atoms with Gasteiger partial charge < -0.3 is 13.9 Å². The summed E-state index contributed by atoms with van der Waals surface area (Å²) >= 11 is 0. The number of nitrogens with zero attached hydrogens (tertiary/aromatic N) is 2. The first kappa shape index (κ1) is 14.8. The second-order valence-electron chi connectivity index (χ2n) is 7.71. The maximum Gasteiger partial charge on any atom is 0.351 e. The molecule has 2 aliphatic heterocycles. The molecule has 0 unspecified atom stereocenters. The molecule has 0 saturated carbocycles. The van der Waals surface area contributed by atoms with Crippen molar-refractivity contribution in [3.8, 4) is 0 Å². The molecule has 6 heteroatoms. The molecule has 0 fully saturated rings. The number of carbonyl (C=O) groups is 2. The number of fused-ring (bicyclic) bond motifs is 9. The van der Waals surface area contributed by atoms with Crippen molar-refractivity contribution in [1.29, 1.82) is 0 Å². The van der Waals surface area contributed by atoms with Crippen molar-refractivity contribution >= 4 is 50.6 Å². The average Bonchev–Trinajstić information content (AvgIpc) is 3.25. The Bertz CT molecular complexity index is 1450. The number of para-hydroxylation sites is 1. The Morgan fingerprint density at radius 3 is 2.57 bits per heavy atom. The van der Waals surface area contributed by atoms with Gasteiger partial charge in [-0.25, -0.2) is 14.9 Å². The van der Waals surface area contributed by atoms with Crippen LogP contribution in [-0.2, 0) is 24.6 Å². The van der Waals surface area contributed by atoms with Gasteiger partial charge in [-0.2, -0.15) is 0 Å². The molecule has 2 aromatic heterocycles. The van der Waals surface area contributed by atoms with Crippen molar-refractivity contribution in [2.45, 2.75) is 26.3 Å². The molecule has 4 heterocycles. The SMILES string of the molecule is O=C1[NH2+]C(=O)c2c1c1c3c(n4c1c1c2c2ccccc2n1COC4)CCC=C3. The minimum atomic E-state index is -0.184. The van der Waals surface area contributed by atoms with Crippen LogP contribution >= 0.6 is 0 Å². The zero-order valence-corrected chi connectivity index (χ0v) is 15.0. The van der Waals surface area contributed by atoms with Gasteiger partial charge in [-0.15, -0.1) is 0 Å². The van der Waals surface area contributed by atoms with Crippen LogP contribution in [0.1, 0.15) is 38.4 Å².